The van der Waals surface area contributed by atoms with Crippen LogP contribution in [0.4, 0.5) is 5.69 Å². The molecule has 0 radical (unpaired) electrons. The van der Waals surface area contributed by atoms with E-state index in [1.165, 1.54) is 23.5 Å². The van der Waals surface area contributed by atoms with Crippen molar-refractivity contribution in [1.29, 1.82) is 0 Å². The maximum Gasteiger partial charge on any atom is 0.119 e. The highest BCUT2D eigenvalue weighted by atomic mass is 32.2. The summed E-state index contributed by atoms with van der Waals surface area (Å²) in [6.45, 7) is 18.4. The van der Waals surface area contributed by atoms with Crippen molar-refractivity contribution in [3.05, 3.63) is 54.1 Å². The van der Waals surface area contributed by atoms with Gasteiger partial charge in [-0.15, -0.1) is 0 Å². The summed E-state index contributed by atoms with van der Waals surface area (Å²) in [5, 5.41) is 0. The van der Waals surface area contributed by atoms with Crippen molar-refractivity contribution in [2.75, 3.05) is 57.1 Å². The zero-order valence-electron chi connectivity index (χ0n) is 20.2. The lowest BCUT2D eigenvalue weighted by molar-refractivity contribution is 0.104. The molecule has 0 amide bonds. The first kappa shape index (κ1) is 24.9. The van der Waals surface area contributed by atoms with Crippen LogP contribution in [0.2, 0.25) is 0 Å². The SMILES string of the molecule is CCN(CC)CCOc1ccc(NSc2cccc(CN3CCN(C(C)C)CC3)c2)cc1. The van der Waals surface area contributed by atoms with Gasteiger partial charge in [-0.05, 0) is 80.8 Å². The molecule has 1 saturated heterocycles. The average molecular weight is 457 g/mol. The van der Waals surface area contributed by atoms with E-state index in [-0.39, 0.29) is 0 Å². The molecule has 2 aromatic rings. The molecule has 5 nitrogen and oxygen atoms in total. The van der Waals surface area contributed by atoms with E-state index in [1.54, 1.807) is 11.9 Å². The predicted octanol–water partition coefficient (Wildman–Crippen LogP) is 5.05. The Bertz CT molecular complexity index is 787. The van der Waals surface area contributed by atoms with Crippen molar-refractivity contribution in [3.8, 4) is 5.75 Å². The Hall–Kier alpha value is -1.73. The van der Waals surface area contributed by atoms with Crippen molar-refractivity contribution in [3.63, 3.8) is 0 Å². The van der Waals surface area contributed by atoms with Gasteiger partial charge < -0.3 is 14.4 Å². The van der Waals surface area contributed by atoms with Gasteiger partial charge in [0, 0.05) is 55.9 Å². The monoisotopic (exact) mass is 456 g/mol. The summed E-state index contributed by atoms with van der Waals surface area (Å²) in [5.41, 5.74) is 2.47. The second kappa shape index (κ2) is 13.1. The molecule has 1 heterocycles. The molecular formula is C26H40N4OS. The second-order valence-electron chi connectivity index (χ2n) is 8.66. The number of nitrogens with zero attached hydrogens (tertiary/aromatic N) is 3. The molecule has 0 bridgehead atoms. The first-order chi connectivity index (χ1) is 15.6. The Kier molecular flexibility index (Phi) is 10.2. The summed E-state index contributed by atoms with van der Waals surface area (Å²) in [6.07, 6.45) is 0. The highest BCUT2D eigenvalue weighted by Gasteiger charge is 2.18. The molecule has 6 heteroatoms. The van der Waals surface area contributed by atoms with Crippen molar-refractivity contribution in [2.24, 2.45) is 0 Å². The van der Waals surface area contributed by atoms with Gasteiger partial charge in [-0.1, -0.05) is 26.0 Å². The first-order valence-electron chi connectivity index (χ1n) is 12.0. The quantitative estimate of drug-likeness (QED) is 0.450. The summed E-state index contributed by atoms with van der Waals surface area (Å²) in [7, 11) is 0. The highest BCUT2D eigenvalue weighted by Crippen LogP contribution is 2.24. The van der Waals surface area contributed by atoms with E-state index >= 15 is 0 Å². The number of hydrogen-bond acceptors (Lipinski definition) is 6. The topological polar surface area (TPSA) is 31.0 Å². The van der Waals surface area contributed by atoms with E-state index in [4.69, 9.17) is 4.74 Å². The van der Waals surface area contributed by atoms with Crippen LogP contribution in [0.15, 0.2) is 53.4 Å². The average Bonchev–Trinajstić information content (AvgIpc) is 2.82. The van der Waals surface area contributed by atoms with Crippen LogP contribution >= 0.6 is 11.9 Å². The fraction of sp³-hybridized carbons (Fsp3) is 0.538. The van der Waals surface area contributed by atoms with E-state index in [1.807, 2.05) is 12.1 Å². The van der Waals surface area contributed by atoms with E-state index < -0.39 is 0 Å². The number of piperazine rings is 1. The molecule has 2 aromatic carbocycles. The van der Waals surface area contributed by atoms with Crippen LogP contribution in [0.25, 0.3) is 0 Å². The van der Waals surface area contributed by atoms with Crippen molar-refractivity contribution in [2.45, 2.75) is 45.2 Å². The first-order valence-corrected chi connectivity index (χ1v) is 12.8. The van der Waals surface area contributed by atoms with Crippen LogP contribution in [0, 0.1) is 0 Å². The molecule has 176 valence electrons. The fourth-order valence-corrected chi connectivity index (χ4v) is 4.70. The van der Waals surface area contributed by atoms with Crippen LogP contribution in [-0.2, 0) is 6.54 Å². The molecule has 0 saturated carbocycles. The minimum absolute atomic E-state index is 0.649. The van der Waals surface area contributed by atoms with Crippen LogP contribution < -0.4 is 9.46 Å². The number of hydrogen-bond donors (Lipinski definition) is 1. The Labute approximate surface area is 199 Å². The third-order valence-electron chi connectivity index (χ3n) is 6.15. The van der Waals surface area contributed by atoms with Gasteiger partial charge in [0.25, 0.3) is 0 Å². The van der Waals surface area contributed by atoms with Crippen molar-refractivity contribution >= 4 is 17.6 Å². The molecule has 32 heavy (non-hydrogen) atoms. The molecular weight excluding hydrogens is 416 g/mol. The molecule has 1 N–H and O–H groups in total. The summed E-state index contributed by atoms with van der Waals surface area (Å²) in [4.78, 5) is 8.73. The number of ether oxygens (including phenoxy) is 1. The summed E-state index contributed by atoms with van der Waals surface area (Å²) in [5.74, 6) is 0.923. The molecule has 1 aliphatic heterocycles. The van der Waals surface area contributed by atoms with E-state index in [0.29, 0.717) is 6.04 Å². The summed E-state index contributed by atoms with van der Waals surface area (Å²) < 4.78 is 9.34. The number of nitrogens with one attached hydrogen (secondary N) is 1. The van der Waals surface area contributed by atoms with Crippen LogP contribution in [0.1, 0.15) is 33.3 Å². The van der Waals surface area contributed by atoms with Gasteiger partial charge >= 0.3 is 0 Å². The second-order valence-corrected chi connectivity index (χ2v) is 9.54. The van der Waals surface area contributed by atoms with E-state index in [2.05, 4.69) is 83.5 Å². The number of anilines is 1. The molecule has 0 aromatic heterocycles. The zero-order valence-corrected chi connectivity index (χ0v) is 21.0. The van der Waals surface area contributed by atoms with Crippen molar-refractivity contribution < 1.29 is 4.74 Å². The highest BCUT2D eigenvalue weighted by molar-refractivity contribution is 8.00. The summed E-state index contributed by atoms with van der Waals surface area (Å²) in [6, 6.07) is 17.8. The zero-order chi connectivity index (χ0) is 22.8. The van der Waals surface area contributed by atoms with Gasteiger partial charge in [-0.25, -0.2) is 0 Å². The number of rotatable bonds is 12. The van der Waals surface area contributed by atoms with Crippen LogP contribution in [-0.4, -0.2) is 73.2 Å². The Morgan fingerprint density at radius 1 is 1.00 bits per heavy atom. The summed E-state index contributed by atoms with van der Waals surface area (Å²) >= 11 is 1.66. The van der Waals surface area contributed by atoms with E-state index in [0.717, 1.165) is 57.3 Å². The van der Waals surface area contributed by atoms with E-state index in [9.17, 15) is 0 Å². The van der Waals surface area contributed by atoms with Gasteiger partial charge in [0.2, 0.25) is 0 Å². The minimum atomic E-state index is 0.649. The third-order valence-corrected chi connectivity index (χ3v) is 6.98. The lowest BCUT2D eigenvalue weighted by atomic mass is 10.2. The van der Waals surface area contributed by atoms with Crippen LogP contribution in [0.5, 0.6) is 5.75 Å². The Morgan fingerprint density at radius 3 is 2.38 bits per heavy atom. The maximum atomic E-state index is 5.88. The molecule has 3 rings (SSSR count). The molecule has 0 unspecified atom stereocenters. The van der Waals surface area contributed by atoms with Gasteiger partial charge in [0.1, 0.15) is 12.4 Å². The molecule has 0 aliphatic carbocycles. The number of benzene rings is 2. The maximum absolute atomic E-state index is 5.88. The number of likely N-dealkylation sites (N-methyl/N-ethyl adjacent to an activating group) is 1. The van der Waals surface area contributed by atoms with Gasteiger partial charge in [-0.3, -0.25) is 9.80 Å². The smallest absolute Gasteiger partial charge is 0.119 e. The molecule has 0 atom stereocenters. The fourth-order valence-electron chi connectivity index (χ4n) is 3.97. The van der Waals surface area contributed by atoms with Crippen LogP contribution in [0.3, 0.4) is 0 Å². The molecule has 1 aliphatic rings. The lowest BCUT2D eigenvalue weighted by Crippen LogP contribution is -2.48. The normalized spacial score (nSPS) is 15.4. The lowest BCUT2D eigenvalue weighted by Gasteiger charge is -2.37. The predicted molar refractivity (Wildman–Crippen MR) is 138 cm³/mol. The Morgan fingerprint density at radius 2 is 1.72 bits per heavy atom. The minimum Gasteiger partial charge on any atom is -0.492 e. The largest absolute Gasteiger partial charge is 0.492 e. The third kappa shape index (κ3) is 8.00. The standard InChI is InChI=1S/C26H40N4OS/c1-5-28(6-2)18-19-31-25-12-10-24(11-13-25)27-32-26-9-7-8-23(20-26)21-29-14-16-30(17-15-29)22(3)4/h7-13,20,22,27H,5-6,14-19,21H2,1-4H3. The molecule has 1 fully saturated rings. The van der Waals surface area contributed by atoms with Gasteiger partial charge in [0.05, 0.1) is 0 Å². The van der Waals surface area contributed by atoms with Gasteiger partial charge in [-0.2, -0.15) is 0 Å². The molecule has 0 spiro atoms. The Balaban J connectivity index is 1.43. The van der Waals surface area contributed by atoms with Crippen molar-refractivity contribution in [1.82, 2.24) is 14.7 Å². The van der Waals surface area contributed by atoms with Gasteiger partial charge in [0.15, 0.2) is 0 Å².